The fraction of sp³-hybridized carbons (Fsp3) is 0.200. The lowest BCUT2D eigenvalue weighted by Crippen LogP contribution is -2.20. The van der Waals surface area contributed by atoms with E-state index in [-0.39, 0.29) is 9.79 Å². The molecule has 0 saturated carbocycles. The maximum absolute atomic E-state index is 12.5. The zero-order valence-electron chi connectivity index (χ0n) is 13.0. The molecule has 2 rings (SSSR count). The molecule has 0 bridgehead atoms. The monoisotopic (exact) mass is 354 g/mol. The highest BCUT2D eigenvalue weighted by Crippen LogP contribution is 2.22. The van der Waals surface area contributed by atoms with E-state index < -0.39 is 20.0 Å². The van der Waals surface area contributed by atoms with Gasteiger partial charge in [-0.05, 0) is 50.7 Å². The smallest absolute Gasteiger partial charge is 0.261 e. The Balaban J connectivity index is 2.42. The van der Waals surface area contributed by atoms with E-state index in [9.17, 15) is 16.8 Å². The minimum Gasteiger partial charge on any atom is -0.279 e. The van der Waals surface area contributed by atoms with E-state index in [0.29, 0.717) is 5.69 Å². The second-order valence-corrected chi connectivity index (χ2v) is 8.68. The van der Waals surface area contributed by atoms with Crippen LogP contribution in [-0.4, -0.2) is 23.9 Å². The first kappa shape index (κ1) is 17.5. The minimum atomic E-state index is -3.88. The number of aryl methyl sites for hydroxylation is 2. The number of sulfonamides is 2. The highest BCUT2D eigenvalue weighted by atomic mass is 32.2. The molecule has 0 radical (unpaired) electrons. The first-order valence-electron chi connectivity index (χ1n) is 6.79. The van der Waals surface area contributed by atoms with Crippen molar-refractivity contribution < 1.29 is 16.8 Å². The summed E-state index contributed by atoms with van der Waals surface area (Å²) >= 11 is 0. The second kappa shape index (κ2) is 6.31. The molecule has 0 aromatic heterocycles. The van der Waals surface area contributed by atoms with E-state index in [0.717, 1.165) is 17.2 Å². The molecule has 2 aromatic carbocycles. The van der Waals surface area contributed by atoms with Crippen molar-refractivity contribution >= 4 is 25.7 Å². The molecule has 23 heavy (non-hydrogen) atoms. The lowest BCUT2D eigenvalue weighted by atomic mass is 10.1. The molecule has 8 heteroatoms. The Morgan fingerprint density at radius 3 is 2.00 bits per heavy atom. The highest BCUT2D eigenvalue weighted by Gasteiger charge is 2.19. The first-order chi connectivity index (χ1) is 10.7. The van der Waals surface area contributed by atoms with Gasteiger partial charge in [0, 0.05) is 0 Å². The Morgan fingerprint density at radius 2 is 1.43 bits per heavy atom. The van der Waals surface area contributed by atoms with Crippen molar-refractivity contribution in [3.8, 4) is 0 Å². The van der Waals surface area contributed by atoms with Crippen molar-refractivity contribution in [3.05, 3.63) is 53.6 Å². The average Bonchev–Trinajstić information content (AvgIpc) is 2.50. The third-order valence-corrected chi connectivity index (χ3v) is 6.10. The van der Waals surface area contributed by atoms with Crippen molar-refractivity contribution in [2.75, 3.05) is 11.8 Å². The maximum Gasteiger partial charge on any atom is 0.261 e. The van der Waals surface area contributed by atoms with Gasteiger partial charge in [0.1, 0.15) is 0 Å². The molecule has 0 saturated heterocycles. The number of hydrogen-bond donors (Lipinski definition) is 2. The predicted octanol–water partition coefficient (Wildman–Crippen LogP) is 2.01. The van der Waals surface area contributed by atoms with Crippen LogP contribution in [0.1, 0.15) is 11.1 Å². The van der Waals surface area contributed by atoms with Crippen LogP contribution < -0.4 is 9.44 Å². The van der Waals surface area contributed by atoms with Gasteiger partial charge in [0.2, 0.25) is 10.0 Å². The molecular weight excluding hydrogens is 336 g/mol. The fourth-order valence-corrected chi connectivity index (χ4v) is 4.08. The van der Waals surface area contributed by atoms with Gasteiger partial charge in [-0.1, -0.05) is 23.8 Å². The molecule has 0 heterocycles. The first-order valence-corrected chi connectivity index (χ1v) is 9.76. The van der Waals surface area contributed by atoms with Gasteiger partial charge in [0.25, 0.3) is 10.0 Å². The predicted molar refractivity (Wildman–Crippen MR) is 89.4 cm³/mol. The van der Waals surface area contributed by atoms with E-state index in [2.05, 4.69) is 9.44 Å². The lowest BCUT2D eigenvalue weighted by molar-refractivity contribution is 0.588. The van der Waals surface area contributed by atoms with Gasteiger partial charge < -0.3 is 0 Å². The van der Waals surface area contributed by atoms with Crippen molar-refractivity contribution in [1.82, 2.24) is 4.72 Å². The van der Waals surface area contributed by atoms with Gasteiger partial charge >= 0.3 is 0 Å². The Kier molecular flexibility index (Phi) is 4.79. The molecule has 0 aliphatic carbocycles. The van der Waals surface area contributed by atoms with E-state index in [1.165, 1.54) is 25.2 Å². The Morgan fingerprint density at radius 1 is 0.826 bits per heavy atom. The molecule has 124 valence electrons. The molecule has 0 atom stereocenters. The standard InChI is InChI=1S/C15H18N2O4S2/c1-11-7-8-15(12(2)9-11)17-23(20,21)14-6-4-5-13(10-14)22(18,19)16-3/h4-10,16-17H,1-3H3. The summed E-state index contributed by atoms with van der Waals surface area (Å²) in [5.74, 6) is 0. The van der Waals surface area contributed by atoms with Crippen molar-refractivity contribution in [1.29, 1.82) is 0 Å². The summed E-state index contributed by atoms with van der Waals surface area (Å²) in [4.78, 5) is -0.225. The molecule has 0 aliphatic heterocycles. The van der Waals surface area contributed by atoms with Crippen LogP contribution in [0.2, 0.25) is 0 Å². The van der Waals surface area contributed by atoms with Crippen LogP contribution >= 0.6 is 0 Å². The van der Waals surface area contributed by atoms with Crippen LogP contribution in [-0.2, 0) is 20.0 Å². The van der Waals surface area contributed by atoms with Gasteiger partial charge in [-0.25, -0.2) is 21.6 Å². The number of rotatable bonds is 5. The van der Waals surface area contributed by atoms with Gasteiger partial charge in [-0.2, -0.15) is 0 Å². The normalized spacial score (nSPS) is 12.1. The van der Waals surface area contributed by atoms with Crippen molar-refractivity contribution in [2.45, 2.75) is 23.6 Å². The molecule has 0 unspecified atom stereocenters. The average molecular weight is 354 g/mol. The van der Waals surface area contributed by atoms with E-state index >= 15 is 0 Å². The summed E-state index contributed by atoms with van der Waals surface area (Å²) in [7, 11) is -6.32. The largest absolute Gasteiger partial charge is 0.279 e. The fourth-order valence-electron chi connectivity index (χ4n) is 2.06. The van der Waals surface area contributed by atoms with Gasteiger partial charge in [-0.3, -0.25) is 4.72 Å². The Hall–Kier alpha value is -1.90. The molecule has 6 nitrogen and oxygen atoms in total. The Labute approximate surface area is 136 Å². The summed E-state index contributed by atoms with van der Waals surface area (Å²) in [6.07, 6.45) is 0. The van der Waals surface area contributed by atoms with Gasteiger partial charge in [0.15, 0.2) is 0 Å². The highest BCUT2D eigenvalue weighted by molar-refractivity contribution is 7.93. The van der Waals surface area contributed by atoms with E-state index in [1.54, 1.807) is 19.1 Å². The quantitative estimate of drug-likeness (QED) is 0.859. The summed E-state index contributed by atoms with van der Waals surface area (Å²) < 4.78 is 53.2. The van der Waals surface area contributed by atoms with Crippen LogP contribution in [0.15, 0.2) is 52.3 Å². The van der Waals surface area contributed by atoms with Gasteiger partial charge in [0.05, 0.1) is 15.5 Å². The van der Waals surface area contributed by atoms with Crippen LogP contribution in [0.4, 0.5) is 5.69 Å². The zero-order chi connectivity index (χ0) is 17.3. The molecule has 0 amide bonds. The number of hydrogen-bond acceptors (Lipinski definition) is 4. The summed E-state index contributed by atoms with van der Waals surface area (Å²) in [6, 6.07) is 10.5. The minimum absolute atomic E-state index is 0.108. The van der Waals surface area contributed by atoms with Crippen LogP contribution in [0.5, 0.6) is 0 Å². The summed E-state index contributed by atoms with van der Waals surface area (Å²) in [6.45, 7) is 3.71. The zero-order valence-corrected chi connectivity index (χ0v) is 14.6. The SMILES string of the molecule is CNS(=O)(=O)c1cccc(S(=O)(=O)Nc2ccc(C)cc2C)c1. The third kappa shape index (κ3) is 3.90. The van der Waals surface area contributed by atoms with Crippen LogP contribution in [0, 0.1) is 13.8 Å². The van der Waals surface area contributed by atoms with E-state index in [1.807, 2.05) is 13.0 Å². The molecule has 2 N–H and O–H groups in total. The molecule has 0 aliphatic rings. The van der Waals surface area contributed by atoms with Crippen molar-refractivity contribution in [3.63, 3.8) is 0 Å². The molecule has 2 aromatic rings. The van der Waals surface area contributed by atoms with Crippen molar-refractivity contribution in [2.24, 2.45) is 0 Å². The molecule has 0 spiro atoms. The summed E-state index contributed by atoms with van der Waals surface area (Å²) in [5.41, 5.74) is 2.26. The number of benzene rings is 2. The maximum atomic E-state index is 12.5. The third-order valence-electron chi connectivity index (χ3n) is 3.32. The molecule has 0 fully saturated rings. The van der Waals surface area contributed by atoms with Crippen LogP contribution in [0.3, 0.4) is 0 Å². The second-order valence-electron chi connectivity index (χ2n) is 5.11. The number of nitrogens with one attached hydrogen (secondary N) is 2. The molecular formula is C15H18N2O4S2. The Bertz CT molecular complexity index is 936. The number of anilines is 1. The van der Waals surface area contributed by atoms with Crippen LogP contribution in [0.25, 0.3) is 0 Å². The lowest BCUT2D eigenvalue weighted by Gasteiger charge is -2.12. The topological polar surface area (TPSA) is 92.3 Å². The van der Waals surface area contributed by atoms with Gasteiger partial charge in [-0.15, -0.1) is 0 Å². The van der Waals surface area contributed by atoms with E-state index in [4.69, 9.17) is 0 Å². The summed E-state index contributed by atoms with van der Waals surface area (Å²) in [5, 5.41) is 0.